The van der Waals surface area contributed by atoms with E-state index in [1.54, 1.807) is 6.92 Å². The van der Waals surface area contributed by atoms with Crippen molar-refractivity contribution in [3.05, 3.63) is 35.4 Å². The number of benzene rings is 1. The van der Waals surface area contributed by atoms with Gasteiger partial charge >= 0.3 is 0 Å². The Morgan fingerprint density at radius 2 is 2.00 bits per heavy atom. The first-order valence-electron chi connectivity index (χ1n) is 5.96. The van der Waals surface area contributed by atoms with Crippen molar-refractivity contribution >= 4 is 18.3 Å². The molecule has 0 aromatic heterocycles. The van der Waals surface area contributed by atoms with Crippen LogP contribution in [0.5, 0.6) is 0 Å². The summed E-state index contributed by atoms with van der Waals surface area (Å²) in [6, 6.07) is 2.58. The summed E-state index contributed by atoms with van der Waals surface area (Å²) >= 11 is 0. The second kappa shape index (κ2) is 8.07. The topological polar surface area (TPSA) is 55.1 Å². The zero-order chi connectivity index (χ0) is 13.7. The predicted molar refractivity (Wildman–Crippen MR) is 73.0 cm³/mol. The first-order valence-corrected chi connectivity index (χ1v) is 5.96. The van der Waals surface area contributed by atoms with Gasteiger partial charge in [-0.15, -0.1) is 12.4 Å². The van der Waals surface area contributed by atoms with E-state index in [2.05, 4.69) is 5.32 Å². The molecule has 3 N–H and O–H groups in total. The van der Waals surface area contributed by atoms with Crippen molar-refractivity contribution in [2.45, 2.75) is 38.8 Å². The van der Waals surface area contributed by atoms with Crippen LogP contribution in [-0.2, 0) is 4.79 Å². The molecule has 0 saturated carbocycles. The normalized spacial score (nSPS) is 13.3. The standard InChI is InChI=1S/C13H18F2N2O.ClH/c1-3-4-12(16)13(18)17-8(2)9-5-6-10(14)11(15)7-9;/h5-8,12H,3-4,16H2,1-2H3,(H,17,18);1H. The maximum Gasteiger partial charge on any atom is 0.237 e. The highest BCUT2D eigenvalue weighted by atomic mass is 35.5. The molecule has 3 nitrogen and oxygen atoms in total. The SMILES string of the molecule is CCCC(N)C(=O)NC(C)c1ccc(F)c(F)c1.Cl. The first-order chi connectivity index (χ1) is 8.45. The highest BCUT2D eigenvalue weighted by molar-refractivity contribution is 5.85. The van der Waals surface area contributed by atoms with Gasteiger partial charge < -0.3 is 11.1 Å². The lowest BCUT2D eigenvalue weighted by atomic mass is 10.1. The minimum absolute atomic E-state index is 0. The van der Waals surface area contributed by atoms with Crippen LogP contribution in [0.1, 0.15) is 38.3 Å². The highest BCUT2D eigenvalue weighted by Gasteiger charge is 2.16. The summed E-state index contributed by atoms with van der Waals surface area (Å²) in [4.78, 5) is 11.7. The number of rotatable bonds is 5. The van der Waals surface area contributed by atoms with E-state index < -0.39 is 23.7 Å². The third-order valence-corrected chi connectivity index (χ3v) is 2.74. The quantitative estimate of drug-likeness (QED) is 0.877. The van der Waals surface area contributed by atoms with Crippen LogP contribution in [-0.4, -0.2) is 11.9 Å². The summed E-state index contributed by atoms with van der Waals surface area (Å²) in [7, 11) is 0. The summed E-state index contributed by atoms with van der Waals surface area (Å²) in [6.45, 7) is 3.63. The number of hydrogen-bond acceptors (Lipinski definition) is 2. The fourth-order valence-electron chi connectivity index (χ4n) is 1.63. The number of carbonyl (C=O) groups is 1. The van der Waals surface area contributed by atoms with Gasteiger partial charge in [0.15, 0.2) is 11.6 Å². The molecule has 1 aromatic carbocycles. The molecule has 2 unspecified atom stereocenters. The summed E-state index contributed by atoms with van der Waals surface area (Å²) in [5.41, 5.74) is 6.17. The first kappa shape index (κ1) is 17.8. The zero-order valence-electron chi connectivity index (χ0n) is 11.0. The van der Waals surface area contributed by atoms with E-state index in [4.69, 9.17) is 5.73 Å². The molecule has 0 bridgehead atoms. The molecule has 6 heteroatoms. The lowest BCUT2D eigenvalue weighted by molar-refractivity contribution is -0.123. The molecule has 1 rings (SSSR count). The minimum atomic E-state index is -0.925. The number of halogens is 3. The number of hydrogen-bond donors (Lipinski definition) is 2. The molecule has 19 heavy (non-hydrogen) atoms. The van der Waals surface area contributed by atoms with Gasteiger partial charge in [0.1, 0.15) is 0 Å². The van der Waals surface area contributed by atoms with E-state index in [-0.39, 0.29) is 18.3 Å². The van der Waals surface area contributed by atoms with E-state index in [0.29, 0.717) is 12.0 Å². The Labute approximate surface area is 118 Å². The molecule has 1 aromatic rings. The van der Waals surface area contributed by atoms with Gasteiger partial charge in [0.05, 0.1) is 12.1 Å². The summed E-state index contributed by atoms with van der Waals surface area (Å²) < 4.78 is 25.8. The second-order valence-corrected chi connectivity index (χ2v) is 4.30. The van der Waals surface area contributed by atoms with Crippen molar-refractivity contribution in [2.75, 3.05) is 0 Å². The second-order valence-electron chi connectivity index (χ2n) is 4.30. The minimum Gasteiger partial charge on any atom is -0.348 e. The monoisotopic (exact) mass is 292 g/mol. The van der Waals surface area contributed by atoms with Crippen molar-refractivity contribution in [3.8, 4) is 0 Å². The number of amides is 1. The van der Waals surface area contributed by atoms with E-state index in [9.17, 15) is 13.6 Å². The smallest absolute Gasteiger partial charge is 0.237 e. The van der Waals surface area contributed by atoms with E-state index in [1.165, 1.54) is 6.07 Å². The van der Waals surface area contributed by atoms with Crippen LogP contribution in [0.3, 0.4) is 0 Å². The molecule has 2 atom stereocenters. The molecule has 0 aliphatic heterocycles. The van der Waals surface area contributed by atoms with Crippen LogP contribution in [0.25, 0.3) is 0 Å². The maximum absolute atomic E-state index is 13.0. The van der Waals surface area contributed by atoms with Gasteiger partial charge in [-0.2, -0.15) is 0 Å². The zero-order valence-corrected chi connectivity index (χ0v) is 11.8. The number of nitrogens with two attached hydrogens (primary N) is 1. The molecule has 108 valence electrons. The van der Waals surface area contributed by atoms with E-state index >= 15 is 0 Å². The van der Waals surface area contributed by atoms with Gasteiger partial charge in [-0.25, -0.2) is 8.78 Å². The van der Waals surface area contributed by atoms with Crippen molar-refractivity contribution < 1.29 is 13.6 Å². The van der Waals surface area contributed by atoms with Gasteiger partial charge in [-0.3, -0.25) is 4.79 Å². The van der Waals surface area contributed by atoms with Gasteiger partial charge in [-0.05, 0) is 31.0 Å². The van der Waals surface area contributed by atoms with Crippen molar-refractivity contribution in [3.63, 3.8) is 0 Å². The van der Waals surface area contributed by atoms with Crippen LogP contribution < -0.4 is 11.1 Å². The van der Waals surface area contributed by atoms with Crippen molar-refractivity contribution in [2.24, 2.45) is 5.73 Å². The number of nitrogens with one attached hydrogen (secondary N) is 1. The van der Waals surface area contributed by atoms with Crippen LogP contribution >= 0.6 is 12.4 Å². The van der Waals surface area contributed by atoms with Crippen LogP contribution in [0.4, 0.5) is 8.78 Å². The Morgan fingerprint density at radius 3 is 2.53 bits per heavy atom. The molecular formula is C13H19ClF2N2O. The van der Waals surface area contributed by atoms with Crippen molar-refractivity contribution in [1.82, 2.24) is 5.32 Å². The molecular weight excluding hydrogens is 274 g/mol. The molecule has 0 aliphatic rings. The Morgan fingerprint density at radius 1 is 1.37 bits per heavy atom. The van der Waals surface area contributed by atoms with Crippen LogP contribution in [0.15, 0.2) is 18.2 Å². The van der Waals surface area contributed by atoms with Crippen molar-refractivity contribution in [1.29, 1.82) is 0 Å². The average molecular weight is 293 g/mol. The van der Waals surface area contributed by atoms with Crippen LogP contribution in [0, 0.1) is 11.6 Å². The van der Waals surface area contributed by atoms with E-state index in [0.717, 1.165) is 18.6 Å². The molecule has 0 radical (unpaired) electrons. The third-order valence-electron chi connectivity index (χ3n) is 2.74. The molecule has 0 spiro atoms. The van der Waals surface area contributed by atoms with Gasteiger partial charge in [0.25, 0.3) is 0 Å². The Kier molecular flexibility index (Phi) is 7.56. The fraction of sp³-hybridized carbons (Fsp3) is 0.462. The van der Waals surface area contributed by atoms with Gasteiger partial charge in [-0.1, -0.05) is 19.4 Å². The van der Waals surface area contributed by atoms with Gasteiger partial charge in [0, 0.05) is 0 Å². The van der Waals surface area contributed by atoms with Gasteiger partial charge in [0.2, 0.25) is 5.91 Å². The summed E-state index contributed by atoms with van der Waals surface area (Å²) in [6.07, 6.45) is 1.41. The predicted octanol–water partition coefficient (Wildman–Crippen LogP) is 2.69. The molecule has 0 saturated heterocycles. The fourth-order valence-corrected chi connectivity index (χ4v) is 1.63. The molecule has 1 amide bonds. The lowest BCUT2D eigenvalue weighted by Crippen LogP contribution is -2.41. The largest absolute Gasteiger partial charge is 0.348 e. The van der Waals surface area contributed by atoms with Crippen LogP contribution in [0.2, 0.25) is 0 Å². The molecule has 0 aliphatic carbocycles. The maximum atomic E-state index is 13.0. The molecule has 0 heterocycles. The number of carbonyl (C=O) groups excluding carboxylic acids is 1. The summed E-state index contributed by atoms with van der Waals surface area (Å²) in [5.74, 6) is -2.11. The summed E-state index contributed by atoms with van der Waals surface area (Å²) in [5, 5.41) is 2.67. The molecule has 0 fully saturated rings. The van der Waals surface area contributed by atoms with E-state index in [1.807, 2.05) is 6.92 Å². The lowest BCUT2D eigenvalue weighted by Gasteiger charge is -2.17. The Bertz CT molecular complexity index is 429. The highest BCUT2D eigenvalue weighted by Crippen LogP contribution is 2.16. The Hall–Kier alpha value is -1.20. The Balaban J connectivity index is 0.00000324. The third kappa shape index (κ3) is 5.12. The average Bonchev–Trinajstić information content (AvgIpc) is 2.32.